The van der Waals surface area contributed by atoms with Gasteiger partial charge in [-0.05, 0) is 12.5 Å². The Kier molecular flexibility index (Phi) is 2.13. The maximum absolute atomic E-state index is 11.0. The molecule has 1 fully saturated rings. The highest BCUT2D eigenvalue weighted by Crippen LogP contribution is 2.24. The molecule has 1 saturated heterocycles. The van der Waals surface area contributed by atoms with Gasteiger partial charge in [0.1, 0.15) is 12.6 Å². The molecule has 0 aliphatic carbocycles. The van der Waals surface area contributed by atoms with E-state index in [1.807, 2.05) is 31.2 Å². The molecule has 1 atom stereocenters. The van der Waals surface area contributed by atoms with Crippen LogP contribution in [0.1, 0.15) is 17.2 Å². The fourth-order valence-corrected chi connectivity index (χ4v) is 1.48. The number of carbonyl (C=O) groups excluding carboxylic acids is 1. The Bertz CT molecular complexity index is 348. The van der Waals surface area contributed by atoms with Gasteiger partial charge in [-0.25, -0.2) is 15.6 Å². The summed E-state index contributed by atoms with van der Waals surface area (Å²) in [6.45, 7) is 2.35. The Morgan fingerprint density at radius 2 is 2.07 bits per heavy atom. The Balaban J connectivity index is 2.23. The molecule has 1 unspecified atom stereocenters. The maximum Gasteiger partial charge on any atom is 0.424 e. The molecule has 4 nitrogen and oxygen atoms in total. The van der Waals surface area contributed by atoms with Gasteiger partial charge in [-0.3, -0.25) is 0 Å². The smallest absolute Gasteiger partial charge is 0.424 e. The summed E-state index contributed by atoms with van der Waals surface area (Å²) < 4.78 is 4.82. The van der Waals surface area contributed by atoms with Crippen LogP contribution in [0, 0.1) is 6.92 Å². The fourth-order valence-electron chi connectivity index (χ4n) is 1.48. The molecule has 1 aliphatic heterocycles. The first-order valence-corrected chi connectivity index (χ1v) is 4.46. The number of rotatable bonds is 1. The standard InChI is InChI=1S/C10H12N2O2/c1-7-2-4-8(5-3-7)9-6-14-10(13)12(9)11/h2-5,9H,6,11H2,1H3. The van der Waals surface area contributed by atoms with Gasteiger partial charge in [0.15, 0.2) is 0 Å². The summed E-state index contributed by atoms with van der Waals surface area (Å²) in [5.41, 5.74) is 2.19. The minimum absolute atomic E-state index is 0.150. The summed E-state index contributed by atoms with van der Waals surface area (Å²) >= 11 is 0. The highest BCUT2D eigenvalue weighted by molar-refractivity contribution is 5.69. The van der Waals surface area contributed by atoms with E-state index < -0.39 is 6.09 Å². The van der Waals surface area contributed by atoms with E-state index >= 15 is 0 Å². The van der Waals surface area contributed by atoms with Gasteiger partial charge < -0.3 is 4.74 Å². The number of aryl methyl sites for hydroxylation is 1. The average molecular weight is 192 g/mol. The third-order valence-electron chi connectivity index (χ3n) is 2.37. The Labute approximate surface area is 82.2 Å². The molecule has 0 saturated carbocycles. The molecule has 0 aromatic heterocycles. The second kappa shape index (κ2) is 3.31. The molecular formula is C10H12N2O2. The molecule has 74 valence electrons. The topological polar surface area (TPSA) is 55.6 Å². The summed E-state index contributed by atoms with van der Waals surface area (Å²) in [6.07, 6.45) is -0.462. The molecular weight excluding hydrogens is 180 g/mol. The summed E-state index contributed by atoms with van der Waals surface area (Å²) in [4.78, 5) is 11.0. The van der Waals surface area contributed by atoms with Crippen LogP contribution >= 0.6 is 0 Å². The lowest BCUT2D eigenvalue weighted by Crippen LogP contribution is -2.34. The van der Waals surface area contributed by atoms with Crippen LogP contribution in [0.25, 0.3) is 0 Å². The molecule has 14 heavy (non-hydrogen) atoms. The largest absolute Gasteiger partial charge is 0.446 e. The normalized spacial score (nSPS) is 21.1. The van der Waals surface area contributed by atoms with E-state index in [2.05, 4.69) is 0 Å². The predicted octanol–water partition coefficient (Wildman–Crippen LogP) is 1.36. The number of nitrogens with two attached hydrogens (primary N) is 1. The lowest BCUT2D eigenvalue weighted by Gasteiger charge is -2.15. The molecule has 1 aromatic rings. The molecule has 4 heteroatoms. The van der Waals surface area contributed by atoms with Crippen LogP contribution in [0.3, 0.4) is 0 Å². The summed E-state index contributed by atoms with van der Waals surface area (Å²) in [5.74, 6) is 5.55. The van der Waals surface area contributed by atoms with Gasteiger partial charge in [0.25, 0.3) is 0 Å². The molecule has 0 radical (unpaired) electrons. The monoisotopic (exact) mass is 192 g/mol. The van der Waals surface area contributed by atoms with E-state index in [1.165, 1.54) is 5.56 Å². The molecule has 2 rings (SSSR count). The van der Waals surface area contributed by atoms with Crippen molar-refractivity contribution in [3.8, 4) is 0 Å². The number of nitrogens with zero attached hydrogens (tertiary/aromatic N) is 1. The van der Waals surface area contributed by atoms with Crippen molar-refractivity contribution >= 4 is 6.09 Å². The maximum atomic E-state index is 11.0. The quantitative estimate of drug-likeness (QED) is 0.540. The molecule has 1 amide bonds. The van der Waals surface area contributed by atoms with E-state index in [-0.39, 0.29) is 6.04 Å². The zero-order valence-electron chi connectivity index (χ0n) is 7.93. The van der Waals surface area contributed by atoms with Crippen molar-refractivity contribution in [2.45, 2.75) is 13.0 Å². The van der Waals surface area contributed by atoms with Gasteiger partial charge in [0, 0.05) is 0 Å². The van der Waals surface area contributed by atoms with E-state index in [0.29, 0.717) is 6.61 Å². The van der Waals surface area contributed by atoms with Crippen LogP contribution < -0.4 is 5.84 Å². The highest BCUT2D eigenvalue weighted by atomic mass is 16.6. The highest BCUT2D eigenvalue weighted by Gasteiger charge is 2.31. The van der Waals surface area contributed by atoms with Gasteiger partial charge in [0.2, 0.25) is 0 Å². The fraction of sp³-hybridized carbons (Fsp3) is 0.300. The Morgan fingerprint density at radius 1 is 1.43 bits per heavy atom. The molecule has 0 bridgehead atoms. The second-order valence-corrected chi connectivity index (χ2v) is 3.41. The predicted molar refractivity (Wildman–Crippen MR) is 51.3 cm³/mol. The number of ether oxygens (including phenoxy) is 1. The van der Waals surface area contributed by atoms with Gasteiger partial charge in [-0.15, -0.1) is 0 Å². The zero-order chi connectivity index (χ0) is 10.1. The third kappa shape index (κ3) is 1.44. The summed E-state index contributed by atoms with van der Waals surface area (Å²) in [6, 6.07) is 7.75. The van der Waals surface area contributed by atoms with E-state index in [1.54, 1.807) is 0 Å². The molecule has 1 aliphatic rings. The van der Waals surface area contributed by atoms with Crippen LogP contribution in [-0.2, 0) is 4.74 Å². The van der Waals surface area contributed by atoms with E-state index in [0.717, 1.165) is 10.6 Å². The zero-order valence-corrected chi connectivity index (χ0v) is 7.93. The van der Waals surface area contributed by atoms with E-state index in [4.69, 9.17) is 10.6 Å². The number of cyclic esters (lactones) is 1. The first-order chi connectivity index (χ1) is 6.68. The number of benzene rings is 1. The number of carbonyl (C=O) groups is 1. The van der Waals surface area contributed by atoms with Crippen LogP contribution in [0.2, 0.25) is 0 Å². The van der Waals surface area contributed by atoms with Gasteiger partial charge in [-0.2, -0.15) is 0 Å². The van der Waals surface area contributed by atoms with Crippen LogP contribution in [0.4, 0.5) is 4.79 Å². The number of hydrogen-bond donors (Lipinski definition) is 1. The van der Waals surface area contributed by atoms with Gasteiger partial charge in [0.05, 0.1) is 0 Å². The van der Waals surface area contributed by atoms with Crippen molar-refractivity contribution in [3.05, 3.63) is 35.4 Å². The minimum Gasteiger partial charge on any atom is -0.446 e. The van der Waals surface area contributed by atoms with E-state index in [9.17, 15) is 4.79 Å². The molecule has 1 aromatic carbocycles. The lowest BCUT2D eigenvalue weighted by atomic mass is 10.1. The lowest BCUT2D eigenvalue weighted by molar-refractivity contribution is 0.158. The van der Waals surface area contributed by atoms with Crippen LogP contribution in [0.5, 0.6) is 0 Å². The van der Waals surface area contributed by atoms with Crippen molar-refractivity contribution in [1.29, 1.82) is 0 Å². The van der Waals surface area contributed by atoms with Crippen molar-refractivity contribution in [2.24, 2.45) is 5.84 Å². The first-order valence-electron chi connectivity index (χ1n) is 4.46. The Hall–Kier alpha value is -1.55. The molecule has 2 N–H and O–H groups in total. The first kappa shape index (κ1) is 9.02. The number of amides is 1. The average Bonchev–Trinajstić information content (AvgIpc) is 2.50. The van der Waals surface area contributed by atoms with Crippen molar-refractivity contribution in [2.75, 3.05) is 6.61 Å². The minimum atomic E-state index is -0.462. The van der Waals surface area contributed by atoms with Gasteiger partial charge in [-0.1, -0.05) is 29.8 Å². The van der Waals surface area contributed by atoms with Crippen molar-refractivity contribution in [3.63, 3.8) is 0 Å². The Morgan fingerprint density at radius 3 is 2.57 bits per heavy atom. The molecule has 1 heterocycles. The van der Waals surface area contributed by atoms with Crippen molar-refractivity contribution in [1.82, 2.24) is 5.01 Å². The van der Waals surface area contributed by atoms with Crippen molar-refractivity contribution < 1.29 is 9.53 Å². The summed E-state index contributed by atoms with van der Waals surface area (Å²) in [7, 11) is 0. The SMILES string of the molecule is Cc1ccc(C2COC(=O)N2N)cc1. The van der Waals surface area contributed by atoms with Gasteiger partial charge >= 0.3 is 6.09 Å². The number of hydrogen-bond acceptors (Lipinski definition) is 3. The molecule has 0 spiro atoms. The van der Waals surface area contributed by atoms with Crippen LogP contribution in [-0.4, -0.2) is 17.7 Å². The van der Waals surface area contributed by atoms with Crippen LogP contribution in [0.15, 0.2) is 24.3 Å². The summed E-state index contributed by atoms with van der Waals surface area (Å²) in [5, 5.41) is 1.13. The second-order valence-electron chi connectivity index (χ2n) is 3.41. The number of hydrazine groups is 1. The third-order valence-corrected chi connectivity index (χ3v) is 2.37.